The Balaban J connectivity index is 2.43. The highest BCUT2D eigenvalue weighted by Gasteiger charge is 2.29. The Bertz CT molecular complexity index is 675. The number of hydrogen-bond acceptors (Lipinski definition) is 6. The molecule has 1 aromatic carbocycles. The lowest BCUT2D eigenvalue weighted by molar-refractivity contribution is -0.384. The lowest BCUT2D eigenvalue weighted by Crippen LogP contribution is -2.29. The number of nitrogens with one attached hydrogen (secondary N) is 1. The fourth-order valence-corrected chi connectivity index (χ4v) is 3.43. The van der Waals surface area contributed by atoms with Gasteiger partial charge in [0.15, 0.2) is 0 Å². The highest BCUT2D eigenvalue weighted by atomic mass is 32.2. The van der Waals surface area contributed by atoms with Gasteiger partial charge in [-0.1, -0.05) is 0 Å². The quantitative estimate of drug-likeness (QED) is 0.629. The van der Waals surface area contributed by atoms with E-state index < -0.39 is 14.9 Å². The largest absolute Gasteiger partial charge is 0.364 e. The summed E-state index contributed by atoms with van der Waals surface area (Å²) >= 11 is 0. The Morgan fingerprint density at radius 3 is 2.59 bits per heavy atom. The maximum Gasteiger partial charge on any atom is 0.293 e. The van der Waals surface area contributed by atoms with Gasteiger partial charge in [-0.05, 0) is 25.6 Å². The van der Waals surface area contributed by atoms with Crippen molar-refractivity contribution in [1.29, 1.82) is 0 Å². The van der Waals surface area contributed by atoms with Gasteiger partial charge in [-0.2, -0.15) is 0 Å². The molecular weight excluding hydrogens is 308 g/mol. The highest BCUT2D eigenvalue weighted by Crippen LogP contribution is 2.33. The van der Waals surface area contributed by atoms with E-state index in [1.807, 2.05) is 11.9 Å². The monoisotopic (exact) mass is 328 g/mol. The van der Waals surface area contributed by atoms with E-state index in [1.54, 1.807) is 0 Å². The van der Waals surface area contributed by atoms with Gasteiger partial charge >= 0.3 is 0 Å². The van der Waals surface area contributed by atoms with E-state index in [-0.39, 0.29) is 16.6 Å². The van der Waals surface area contributed by atoms with Crippen LogP contribution in [0.3, 0.4) is 0 Å². The fourth-order valence-electron chi connectivity index (χ4n) is 2.50. The van der Waals surface area contributed by atoms with Crippen molar-refractivity contribution in [2.45, 2.75) is 17.4 Å². The van der Waals surface area contributed by atoms with Gasteiger partial charge in [-0.15, -0.1) is 0 Å². The van der Waals surface area contributed by atoms with Crippen LogP contribution in [-0.2, 0) is 10.0 Å². The molecule has 0 aromatic heterocycles. The first-order valence-corrected chi connectivity index (χ1v) is 8.34. The van der Waals surface area contributed by atoms with Crippen LogP contribution in [0.1, 0.15) is 6.42 Å². The van der Waals surface area contributed by atoms with Crippen LogP contribution in [0.5, 0.6) is 0 Å². The molecule has 8 nitrogen and oxygen atoms in total. The van der Waals surface area contributed by atoms with Gasteiger partial charge in [0.25, 0.3) is 5.69 Å². The summed E-state index contributed by atoms with van der Waals surface area (Å²) in [6.45, 7) is 1.36. The van der Waals surface area contributed by atoms with E-state index in [4.69, 9.17) is 0 Å². The van der Waals surface area contributed by atoms with Gasteiger partial charge in [-0.3, -0.25) is 10.1 Å². The molecule has 22 heavy (non-hydrogen) atoms. The first-order chi connectivity index (χ1) is 10.3. The number of nitrogens with zero attached hydrogens (tertiary/aromatic N) is 3. The van der Waals surface area contributed by atoms with Crippen LogP contribution in [0.25, 0.3) is 0 Å². The molecule has 0 saturated carbocycles. The molecule has 1 aromatic rings. The lowest BCUT2D eigenvalue weighted by Gasteiger charge is -2.19. The third-order valence-electron chi connectivity index (χ3n) is 3.86. The molecule has 1 aliphatic heterocycles. The van der Waals surface area contributed by atoms with Crippen LogP contribution >= 0.6 is 0 Å². The average Bonchev–Trinajstić information content (AvgIpc) is 2.95. The Hall–Kier alpha value is -1.71. The van der Waals surface area contributed by atoms with Crippen LogP contribution in [-0.4, -0.2) is 57.9 Å². The fraction of sp³-hybridized carbons (Fsp3) is 0.538. The second-order valence-electron chi connectivity index (χ2n) is 5.42. The van der Waals surface area contributed by atoms with Gasteiger partial charge in [0, 0.05) is 39.3 Å². The zero-order valence-corrected chi connectivity index (χ0v) is 13.6. The third kappa shape index (κ3) is 3.06. The zero-order chi connectivity index (χ0) is 16.5. The molecule has 0 radical (unpaired) electrons. The highest BCUT2D eigenvalue weighted by molar-refractivity contribution is 7.89. The van der Waals surface area contributed by atoms with Crippen molar-refractivity contribution in [3.8, 4) is 0 Å². The van der Waals surface area contributed by atoms with Crippen molar-refractivity contribution in [2.24, 2.45) is 0 Å². The predicted molar refractivity (Wildman–Crippen MR) is 83.6 cm³/mol. The van der Waals surface area contributed by atoms with E-state index in [0.29, 0.717) is 18.8 Å². The number of hydrogen-bond donors (Lipinski definition) is 1. The number of nitro benzene ring substituents is 1. The van der Waals surface area contributed by atoms with Crippen molar-refractivity contribution in [3.63, 3.8) is 0 Å². The number of benzene rings is 1. The molecule has 122 valence electrons. The minimum atomic E-state index is -3.69. The van der Waals surface area contributed by atoms with Crippen molar-refractivity contribution in [2.75, 3.05) is 39.1 Å². The minimum Gasteiger partial charge on any atom is -0.364 e. The summed E-state index contributed by atoms with van der Waals surface area (Å²) in [6.07, 6.45) is 0.894. The van der Waals surface area contributed by atoms with Crippen molar-refractivity contribution >= 4 is 21.4 Å². The summed E-state index contributed by atoms with van der Waals surface area (Å²) in [6, 6.07) is 4.36. The molecule has 1 saturated heterocycles. The smallest absolute Gasteiger partial charge is 0.293 e. The molecule has 1 heterocycles. The molecule has 1 atom stereocenters. The van der Waals surface area contributed by atoms with Crippen LogP contribution in [0.4, 0.5) is 11.4 Å². The molecular formula is C13H20N4O4S. The average molecular weight is 328 g/mol. The van der Waals surface area contributed by atoms with Crippen molar-refractivity contribution in [1.82, 2.24) is 9.62 Å². The van der Waals surface area contributed by atoms with E-state index >= 15 is 0 Å². The summed E-state index contributed by atoms with van der Waals surface area (Å²) in [5, 5.41) is 14.5. The van der Waals surface area contributed by atoms with Gasteiger partial charge in [0.1, 0.15) is 5.69 Å². The lowest BCUT2D eigenvalue weighted by atomic mass is 10.2. The maximum absolute atomic E-state index is 12.1. The molecule has 9 heteroatoms. The molecule has 0 bridgehead atoms. The number of nitro groups is 1. The standard InChI is InChI=1S/C13H20N4O4S/c1-14-10-6-7-16(9-10)12-5-4-11(8-13(12)17(18)19)22(20,21)15(2)3/h4-5,8,10,14H,6-7,9H2,1-3H3. The van der Waals surface area contributed by atoms with Crippen molar-refractivity contribution < 1.29 is 13.3 Å². The second kappa shape index (κ2) is 6.19. The van der Waals surface area contributed by atoms with Gasteiger partial charge < -0.3 is 10.2 Å². The second-order valence-corrected chi connectivity index (χ2v) is 7.57. The molecule has 1 aliphatic rings. The summed E-state index contributed by atoms with van der Waals surface area (Å²) < 4.78 is 25.3. The number of likely N-dealkylation sites (N-methyl/N-ethyl adjacent to an activating group) is 1. The molecule has 0 aliphatic carbocycles. The van der Waals surface area contributed by atoms with Crippen LogP contribution < -0.4 is 10.2 Å². The van der Waals surface area contributed by atoms with Gasteiger partial charge in [-0.25, -0.2) is 12.7 Å². The zero-order valence-electron chi connectivity index (χ0n) is 12.8. The number of rotatable bonds is 5. The van der Waals surface area contributed by atoms with Crippen molar-refractivity contribution in [3.05, 3.63) is 28.3 Å². The number of anilines is 1. The Morgan fingerprint density at radius 2 is 2.09 bits per heavy atom. The van der Waals surface area contributed by atoms with Gasteiger partial charge in [0.05, 0.1) is 9.82 Å². The number of sulfonamides is 1. The Kier molecular flexibility index (Phi) is 4.69. The summed E-state index contributed by atoms with van der Waals surface area (Å²) in [5.74, 6) is 0. The Morgan fingerprint density at radius 1 is 1.41 bits per heavy atom. The first-order valence-electron chi connectivity index (χ1n) is 6.90. The van der Waals surface area contributed by atoms with Gasteiger partial charge in [0.2, 0.25) is 10.0 Å². The molecule has 0 spiro atoms. The van der Waals surface area contributed by atoms with E-state index in [1.165, 1.54) is 26.2 Å². The SMILES string of the molecule is CNC1CCN(c2ccc(S(=O)(=O)N(C)C)cc2[N+](=O)[O-])C1. The molecule has 2 rings (SSSR count). The molecule has 1 unspecified atom stereocenters. The first kappa shape index (κ1) is 16.7. The van der Waals surface area contributed by atoms with Crippen LogP contribution in [0.15, 0.2) is 23.1 Å². The summed E-state index contributed by atoms with van der Waals surface area (Å²) in [7, 11) is 0.958. The minimum absolute atomic E-state index is 0.0719. The Labute approximate surface area is 129 Å². The van der Waals surface area contributed by atoms with E-state index in [0.717, 1.165) is 16.8 Å². The normalized spacial score (nSPS) is 18.9. The molecule has 1 fully saturated rings. The molecule has 1 N–H and O–H groups in total. The van der Waals surface area contributed by atoms with E-state index in [2.05, 4.69) is 5.32 Å². The van der Waals surface area contributed by atoms with Crippen LogP contribution in [0, 0.1) is 10.1 Å². The molecule has 0 amide bonds. The summed E-state index contributed by atoms with van der Waals surface area (Å²) in [4.78, 5) is 12.6. The van der Waals surface area contributed by atoms with Crippen LogP contribution in [0.2, 0.25) is 0 Å². The maximum atomic E-state index is 12.1. The third-order valence-corrected chi connectivity index (χ3v) is 5.67. The topological polar surface area (TPSA) is 95.8 Å². The predicted octanol–water partition coefficient (Wildman–Crippen LogP) is 0.643. The van der Waals surface area contributed by atoms with E-state index in [9.17, 15) is 18.5 Å². The summed E-state index contributed by atoms with van der Waals surface area (Å²) in [5.41, 5.74) is 0.278.